The molecule has 2 heteroatoms. The van der Waals surface area contributed by atoms with Crippen molar-refractivity contribution in [3.63, 3.8) is 0 Å². The fourth-order valence-electron chi connectivity index (χ4n) is 1.61. The van der Waals surface area contributed by atoms with E-state index in [4.69, 9.17) is 17.3 Å². The van der Waals surface area contributed by atoms with E-state index in [9.17, 15) is 0 Å². The van der Waals surface area contributed by atoms with Gasteiger partial charge in [0.05, 0.1) is 0 Å². The van der Waals surface area contributed by atoms with Gasteiger partial charge in [-0.3, -0.25) is 0 Å². The number of hydrogen-bond acceptors (Lipinski definition) is 1. The lowest BCUT2D eigenvalue weighted by molar-refractivity contribution is 0.493. The van der Waals surface area contributed by atoms with Crippen molar-refractivity contribution in [2.45, 2.75) is 32.7 Å². The SMILES string of the molecule is CC(C)CC(N)Cc1ccc(Cl)cc1. The molecule has 1 nitrogen and oxygen atoms in total. The number of benzene rings is 1. The molecule has 1 aromatic carbocycles. The normalized spacial score (nSPS) is 13.2. The highest BCUT2D eigenvalue weighted by atomic mass is 35.5. The zero-order valence-electron chi connectivity index (χ0n) is 8.83. The maximum absolute atomic E-state index is 6.01. The van der Waals surface area contributed by atoms with Gasteiger partial charge in [-0.05, 0) is 36.5 Å². The second-order valence-electron chi connectivity index (χ2n) is 4.22. The molecular weight excluding hydrogens is 194 g/mol. The molecule has 2 N–H and O–H groups in total. The van der Waals surface area contributed by atoms with Crippen molar-refractivity contribution in [1.82, 2.24) is 0 Å². The quantitative estimate of drug-likeness (QED) is 0.813. The number of nitrogens with two attached hydrogens (primary N) is 1. The first-order chi connectivity index (χ1) is 6.58. The molecule has 0 bridgehead atoms. The summed E-state index contributed by atoms with van der Waals surface area (Å²) in [5, 5.41) is 0.784. The number of hydrogen-bond donors (Lipinski definition) is 1. The highest BCUT2D eigenvalue weighted by Gasteiger charge is 2.06. The van der Waals surface area contributed by atoms with Crippen LogP contribution in [-0.2, 0) is 6.42 Å². The topological polar surface area (TPSA) is 26.0 Å². The van der Waals surface area contributed by atoms with Crippen LogP contribution in [0.1, 0.15) is 25.8 Å². The second kappa shape index (κ2) is 5.38. The zero-order chi connectivity index (χ0) is 10.6. The molecule has 0 aliphatic carbocycles. The van der Waals surface area contributed by atoms with E-state index in [1.54, 1.807) is 0 Å². The van der Waals surface area contributed by atoms with Gasteiger partial charge < -0.3 is 5.73 Å². The summed E-state index contributed by atoms with van der Waals surface area (Å²) < 4.78 is 0. The lowest BCUT2D eigenvalue weighted by Gasteiger charge is -2.13. The van der Waals surface area contributed by atoms with Crippen LogP contribution in [0.3, 0.4) is 0 Å². The van der Waals surface area contributed by atoms with E-state index in [0.29, 0.717) is 5.92 Å². The van der Waals surface area contributed by atoms with Crippen LogP contribution in [-0.4, -0.2) is 6.04 Å². The van der Waals surface area contributed by atoms with Crippen molar-refractivity contribution in [2.24, 2.45) is 11.7 Å². The molecule has 1 rings (SSSR count). The highest BCUT2D eigenvalue weighted by molar-refractivity contribution is 6.30. The zero-order valence-corrected chi connectivity index (χ0v) is 9.59. The minimum absolute atomic E-state index is 0.260. The molecule has 0 aliphatic rings. The van der Waals surface area contributed by atoms with Crippen molar-refractivity contribution >= 4 is 11.6 Å². The fraction of sp³-hybridized carbons (Fsp3) is 0.500. The molecule has 0 heterocycles. The van der Waals surface area contributed by atoms with Crippen LogP contribution < -0.4 is 5.73 Å². The Bertz CT molecular complexity index is 266. The first-order valence-electron chi connectivity index (χ1n) is 5.08. The van der Waals surface area contributed by atoms with Crippen molar-refractivity contribution in [2.75, 3.05) is 0 Å². The third-order valence-electron chi connectivity index (χ3n) is 2.19. The Morgan fingerprint density at radius 2 is 1.79 bits per heavy atom. The minimum atomic E-state index is 0.260. The molecule has 0 radical (unpaired) electrons. The second-order valence-corrected chi connectivity index (χ2v) is 4.66. The maximum Gasteiger partial charge on any atom is 0.0406 e. The van der Waals surface area contributed by atoms with Gasteiger partial charge in [0.15, 0.2) is 0 Å². The van der Waals surface area contributed by atoms with E-state index < -0.39 is 0 Å². The van der Waals surface area contributed by atoms with E-state index in [1.165, 1.54) is 5.56 Å². The van der Waals surface area contributed by atoms with Crippen molar-refractivity contribution < 1.29 is 0 Å². The molecule has 0 aliphatic heterocycles. The molecule has 14 heavy (non-hydrogen) atoms. The Labute approximate surface area is 91.3 Å². The van der Waals surface area contributed by atoms with Gasteiger partial charge in [-0.25, -0.2) is 0 Å². The predicted octanol–water partition coefficient (Wildman–Crippen LogP) is 3.26. The Balaban J connectivity index is 2.47. The van der Waals surface area contributed by atoms with Crippen LogP contribution in [0.15, 0.2) is 24.3 Å². The van der Waals surface area contributed by atoms with Crippen LogP contribution in [0.5, 0.6) is 0 Å². The van der Waals surface area contributed by atoms with E-state index in [0.717, 1.165) is 17.9 Å². The van der Waals surface area contributed by atoms with Crippen LogP contribution in [0.25, 0.3) is 0 Å². The van der Waals surface area contributed by atoms with E-state index in [2.05, 4.69) is 13.8 Å². The van der Waals surface area contributed by atoms with E-state index in [1.807, 2.05) is 24.3 Å². The summed E-state index contributed by atoms with van der Waals surface area (Å²) in [6.07, 6.45) is 2.01. The van der Waals surface area contributed by atoms with Crippen LogP contribution in [0, 0.1) is 5.92 Å². The summed E-state index contributed by atoms with van der Waals surface area (Å²) in [6.45, 7) is 4.39. The lowest BCUT2D eigenvalue weighted by Crippen LogP contribution is -2.24. The fourth-order valence-corrected chi connectivity index (χ4v) is 1.74. The van der Waals surface area contributed by atoms with Gasteiger partial charge in [0.25, 0.3) is 0 Å². The first kappa shape index (κ1) is 11.5. The molecule has 0 saturated heterocycles. The summed E-state index contributed by atoms with van der Waals surface area (Å²) >= 11 is 5.80. The predicted molar refractivity (Wildman–Crippen MR) is 62.6 cm³/mol. The molecule has 0 aromatic heterocycles. The lowest BCUT2D eigenvalue weighted by atomic mass is 9.98. The standard InChI is InChI=1S/C12H18ClN/c1-9(2)7-12(14)8-10-3-5-11(13)6-4-10/h3-6,9,12H,7-8,14H2,1-2H3. The molecule has 1 aromatic rings. The third-order valence-corrected chi connectivity index (χ3v) is 2.44. The largest absolute Gasteiger partial charge is 0.327 e. The Kier molecular flexibility index (Phi) is 4.43. The van der Waals surface area contributed by atoms with Gasteiger partial charge in [0.1, 0.15) is 0 Å². The Morgan fingerprint density at radius 1 is 1.21 bits per heavy atom. The van der Waals surface area contributed by atoms with E-state index >= 15 is 0 Å². The molecule has 78 valence electrons. The van der Waals surface area contributed by atoms with Crippen molar-refractivity contribution in [3.8, 4) is 0 Å². The molecule has 0 spiro atoms. The van der Waals surface area contributed by atoms with Gasteiger partial charge in [-0.2, -0.15) is 0 Å². The van der Waals surface area contributed by atoms with Gasteiger partial charge in [-0.15, -0.1) is 0 Å². The highest BCUT2D eigenvalue weighted by Crippen LogP contribution is 2.13. The summed E-state index contributed by atoms with van der Waals surface area (Å²) in [7, 11) is 0. The summed E-state index contributed by atoms with van der Waals surface area (Å²) in [5.41, 5.74) is 7.28. The molecule has 1 unspecified atom stereocenters. The van der Waals surface area contributed by atoms with Crippen LogP contribution in [0.2, 0.25) is 5.02 Å². The molecule has 0 fully saturated rings. The maximum atomic E-state index is 6.01. The van der Waals surface area contributed by atoms with Gasteiger partial charge >= 0.3 is 0 Å². The molecule has 0 saturated carbocycles. The van der Waals surface area contributed by atoms with E-state index in [-0.39, 0.29) is 6.04 Å². The van der Waals surface area contributed by atoms with Gasteiger partial charge in [-0.1, -0.05) is 37.6 Å². The van der Waals surface area contributed by atoms with Crippen molar-refractivity contribution in [1.29, 1.82) is 0 Å². The molecule has 0 amide bonds. The van der Waals surface area contributed by atoms with Gasteiger partial charge in [0, 0.05) is 11.1 Å². The number of rotatable bonds is 4. The number of halogens is 1. The first-order valence-corrected chi connectivity index (χ1v) is 5.45. The minimum Gasteiger partial charge on any atom is -0.327 e. The van der Waals surface area contributed by atoms with Crippen molar-refractivity contribution in [3.05, 3.63) is 34.9 Å². The van der Waals surface area contributed by atoms with Crippen LogP contribution in [0.4, 0.5) is 0 Å². The smallest absolute Gasteiger partial charge is 0.0406 e. The average Bonchev–Trinajstić information content (AvgIpc) is 2.07. The average molecular weight is 212 g/mol. The van der Waals surface area contributed by atoms with Crippen LogP contribution >= 0.6 is 11.6 Å². The summed E-state index contributed by atoms with van der Waals surface area (Å²) in [5.74, 6) is 0.664. The summed E-state index contributed by atoms with van der Waals surface area (Å²) in [4.78, 5) is 0. The Hall–Kier alpha value is -0.530. The monoisotopic (exact) mass is 211 g/mol. The summed E-state index contributed by atoms with van der Waals surface area (Å²) in [6, 6.07) is 8.18. The third kappa shape index (κ3) is 4.12. The molecular formula is C12H18ClN. The Morgan fingerprint density at radius 3 is 2.29 bits per heavy atom. The van der Waals surface area contributed by atoms with Gasteiger partial charge in [0.2, 0.25) is 0 Å². The molecule has 1 atom stereocenters.